The van der Waals surface area contributed by atoms with Crippen LogP contribution in [0.25, 0.3) is 0 Å². The minimum atomic E-state index is -0.718. The van der Waals surface area contributed by atoms with Gasteiger partial charge in [0.15, 0.2) is 0 Å². The van der Waals surface area contributed by atoms with Crippen LogP contribution in [0.5, 0.6) is 0 Å². The van der Waals surface area contributed by atoms with E-state index in [1.54, 1.807) is 12.1 Å². The Balaban J connectivity index is 2.12. The number of rotatable bonds is 3. The molecule has 1 aromatic heterocycles. The molecule has 2 nitrogen and oxygen atoms in total. The third-order valence-corrected chi connectivity index (χ3v) is 4.02. The van der Waals surface area contributed by atoms with Gasteiger partial charge in [-0.2, -0.15) is 0 Å². The molecule has 6 heteroatoms. The molecule has 1 aromatic carbocycles. The van der Waals surface area contributed by atoms with Crippen LogP contribution in [0.2, 0.25) is 4.34 Å². The van der Waals surface area contributed by atoms with Crippen molar-refractivity contribution in [2.75, 3.05) is 0 Å². The third kappa shape index (κ3) is 3.25. The number of aromatic nitrogens is 1. The Morgan fingerprint density at radius 1 is 1.53 bits per heavy atom. The zero-order valence-electron chi connectivity index (χ0n) is 8.53. The van der Waals surface area contributed by atoms with E-state index in [1.807, 2.05) is 0 Å². The second-order valence-electron chi connectivity index (χ2n) is 3.47. The summed E-state index contributed by atoms with van der Waals surface area (Å²) < 4.78 is 14.0. The quantitative estimate of drug-likeness (QED) is 0.920. The molecule has 0 bridgehead atoms. The molecule has 17 heavy (non-hydrogen) atoms. The van der Waals surface area contributed by atoms with Crippen LogP contribution in [-0.2, 0) is 6.42 Å². The Hall–Kier alpha value is -0.490. The Bertz CT molecular complexity index is 534. The topological polar surface area (TPSA) is 33.1 Å². The Labute approximate surface area is 115 Å². The van der Waals surface area contributed by atoms with E-state index < -0.39 is 6.10 Å². The molecule has 0 amide bonds. The zero-order chi connectivity index (χ0) is 12.4. The molecule has 0 aliphatic rings. The standard InChI is InChI=1S/C11H8BrClFNOS/c12-7-3-6(1-2-8(7)14)4-9(16)11-15-5-10(13)17-11/h1-3,5,9,16H,4H2. The summed E-state index contributed by atoms with van der Waals surface area (Å²) in [4.78, 5) is 4.00. The molecule has 0 saturated heterocycles. The number of aliphatic hydroxyl groups is 1. The van der Waals surface area contributed by atoms with Crippen LogP contribution >= 0.6 is 38.9 Å². The molecule has 1 heterocycles. The van der Waals surface area contributed by atoms with E-state index >= 15 is 0 Å². The Morgan fingerprint density at radius 2 is 2.29 bits per heavy atom. The van der Waals surface area contributed by atoms with Crippen molar-refractivity contribution in [1.29, 1.82) is 0 Å². The lowest BCUT2D eigenvalue weighted by atomic mass is 10.1. The number of hydrogen-bond acceptors (Lipinski definition) is 3. The number of aliphatic hydroxyl groups excluding tert-OH is 1. The summed E-state index contributed by atoms with van der Waals surface area (Å²) in [5.74, 6) is -0.319. The summed E-state index contributed by atoms with van der Waals surface area (Å²) in [6, 6.07) is 4.65. The van der Waals surface area contributed by atoms with Crippen LogP contribution in [0.1, 0.15) is 16.7 Å². The van der Waals surface area contributed by atoms with E-state index in [0.29, 0.717) is 20.2 Å². The highest BCUT2D eigenvalue weighted by Crippen LogP contribution is 2.27. The smallest absolute Gasteiger partial charge is 0.137 e. The van der Waals surface area contributed by atoms with E-state index in [-0.39, 0.29) is 5.82 Å². The molecule has 1 atom stereocenters. The van der Waals surface area contributed by atoms with Gasteiger partial charge in [0.1, 0.15) is 21.3 Å². The predicted molar refractivity (Wildman–Crippen MR) is 69.9 cm³/mol. The first-order valence-electron chi connectivity index (χ1n) is 4.79. The number of nitrogens with zero attached hydrogens (tertiary/aromatic N) is 1. The molecule has 0 aliphatic heterocycles. The van der Waals surface area contributed by atoms with E-state index in [4.69, 9.17) is 11.6 Å². The van der Waals surface area contributed by atoms with Crippen molar-refractivity contribution >= 4 is 38.9 Å². The summed E-state index contributed by atoms with van der Waals surface area (Å²) in [7, 11) is 0. The van der Waals surface area contributed by atoms with Gasteiger partial charge in [-0.25, -0.2) is 9.37 Å². The molecule has 2 rings (SSSR count). The van der Waals surface area contributed by atoms with Crippen molar-refractivity contribution in [3.63, 3.8) is 0 Å². The van der Waals surface area contributed by atoms with Gasteiger partial charge in [0.05, 0.1) is 10.7 Å². The predicted octanol–water partition coefficient (Wildman–Crippen LogP) is 3.97. The van der Waals surface area contributed by atoms with Crippen LogP contribution in [0.4, 0.5) is 4.39 Å². The first kappa shape index (κ1) is 13.0. The van der Waals surface area contributed by atoms with Crippen molar-refractivity contribution < 1.29 is 9.50 Å². The summed E-state index contributed by atoms with van der Waals surface area (Å²) in [5, 5.41) is 10.5. The molecule has 0 fully saturated rings. The summed E-state index contributed by atoms with van der Waals surface area (Å²) in [6.45, 7) is 0. The van der Waals surface area contributed by atoms with Gasteiger partial charge < -0.3 is 5.11 Å². The van der Waals surface area contributed by atoms with Crippen molar-refractivity contribution in [3.05, 3.63) is 49.6 Å². The first-order valence-corrected chi connectivity index (χ1v) is 6.78. The molecule has 2 aromatic rings. The van der Waals surface area contributed by atoms with Gasteiger partial charge in [0.2, 0.25) is 0 Å². The van der Waals surface area contributed by atoms with Gasteiger partial charge in [-0.1, -0.05) is 17.7 Å². The normalized spacial score (nSPS) is 12.7. The SMILES string of the molecule is OC(Cc1ccc(F)c(Br)c1)c1ncc(Cl)s1. The van der Waals surface area contributed by atoms with E-state index in [0.717, 1.165) is 5.56 Å². The second kappa shape index (κ2) is 5.44. The molecule has 0 radical (unpaired) electrons. The van der Waals surface area contributed by atoms with Crippen LogP contribution < -0.4 is 0 Å². The molecule has 90 valence electrons. The number of benzene rings is 1. The number of halogens is 3. The second-order valence-corrected chi connectivity index (χ2v) is 6.02. The van der Waals surface area contributed by atoms with Crippen molar-refractivity contribution in [2.45, 2.75) is 12.5 Å². The molecule has 0 spiro atoms. The molecular weight excluding hydrogens is 329 g/mol. The summed E-state index contributed by atoms with van der Waals surface area (Å²) >= 11 is 10.1. The van der Waals surface area contributed by atoms with Gasteiger partial charge >= 0.3 is 0 Å². The molecule has 0 saturated carbocycles. The lowest BCUT2D eigenvalue weighted by molar-refractivity contribution is 0.178. The van der Waals surface area contributed by atoms with E-state index in [9.17, 15) is 9.50 Å². The monoisotopic (exact) mass is 335 g/mol. The van der Waals surface area contributed by atoms with E-state index in [2.05, 4.69) is 20.9 Å². The summed E-state index contributed by atoms with van der Waals surface area (Å²) in [5.41, 5.74) is 0.831. The van der Waals surface area contributed by atoms with Crippen molar-refractivity contribution in [2.24, 2.45) is 0 Å². The van der Waals surface area contributed by atoms with Gasteiger partial charge in [0, 0.05) is 6.42 Å². The summed E-state index contributed by atoms with van der Waals surface area (Å²) in [6.07, 6.45) is 1.17. The minimum absolute atomic E-state index is 0.319. The van der Waals surface area contributed by atoms with E-state index in [1.165, 1.54) is 23.6 Å². The minimum Gasteiger partial charge on any atom is -0.386 e. The molecule has 1 N–H and O–H groups in total. The highest BCUT2D eigenvalue weighted by molar-refractivity contribution is 9.10. The van der Waals surface area contributed by atoms with Crippen molar-refractivity contribution in [3.8, 4) is 0 Å². The van der Waals surface area contributed by atoms with Gasteiger partial charge in [-0.05, 0) is 33.6 Å². The third-order valence-electron chi connectivity index (χ3n) is 2.19. The zero-order valence-corrected chi connectivity index (χ0v) is 11.7. The fourth-order valence-corrected chi connectivity index (χ4v) is 2.74. The first-order chi connectivity index (χ1) is 8.06. The maximum absolute atomic E-state index is 13.0. The van der Waals surface area contributed by atoms with Crippen LogP contribution in [0.15, 0.2) is 28.9 Å². The number of hydrogen-bond donors (Lipinski definition) is 1. The largest absolute Gasteiger partial charge is 0.386 e. The fourth-order valence-electron chi connectivity index (χ4n) is 1.40. The van der Waals surface area contributed by atoms with Crippen LogP contribution in [0, 0.1) is 5.82 Å². The van der Waals surface area contributed by atoms with Crippen LogP contribution in [-0.4, -0.2) is 10.1 Å². The Kier molecular flexibility index (Phi) is 4.14. The maximum Gasteiger partial charge on any atom is 0.137 e. The van der Waals surface area contributed by atoms with Crippen LogP contribution in [0.3, 0.4) is 0 Å². The molecular formula is C11H8BrClFNOS. The van der Waals surface area contributed by atoms with Gasteiger partial charge in [-0.15, -0.1) is 11.3 Å². The highest BCUT2D eigenvalue weighted by atomic mass is 79.9. The van der Waals surface area contributed by atoms with Gasteiger partial charge in [0.25, 0.3) is 0 Å². The maximum atomic E-state index is 13.0. The number of thiazole rings is 1. The lowest BCUT2D eigenvalue weighted by Gasteiger charge is -2.08. The average Bonchev–Trinajstić information content (AvgIpc) is 2.70. The average molecular weight is 337 g/mol. The fraction of sp³-hybridized carbons (Fsp3) is 0.182. The van der Waals surface area contributed by atoms with Crippen molar-refractivity contribution in [1.82, 2.24) is 4.98 Å². The lowest BCUT2D eigenvalue weighted by Crippen LogP contribution is -2.01. The highest BCUT2D eigenvalue weighted by Gasteiger charge is 2.13. The Morgan fingerprint density at radius 3 is 2.88 bits per heavy atom. The molecule has 0 aliphatic carbocycles. The van der Waals surface area contributed by atoms with Gasteiger partial charge in [-0.3, -0.25) is 0 Å². The molecule has 1 unspecified atom stereocenters.